The second kappa shape index (κ2) is 33.6. The van der Waals surface area contributed by atoms with Crippen LogP contribution in [0.2, 0.25) is 0 Å². The van der Waals surface area contributed by atoms with Crippen molar-refractivity contribution >= 4 is 149 Å². The Kier molecular flexibility index (Phi) is 19.7. The molecule has 0 spiro atoms. The number of para-hydroxylation sites is 10. The molecule has 25 rings (SSSR count). The van der Waals surface area contributed by atoms with Crippen LogP contribution >= 0.6 is 0 Å². The van der Waals surface area contributed by atoms with Crippen molar-refractivity contribution in [2.24, 2.45) is 0 Å². The van der Waals surface area contributed by atoms with Crippen LogP contribution in [0.25, 0.3) is 89.0 Å². The fourth-order valence-electron chi connectivity index (χ4n) is 21.7. The largest absolute Gasteiger partial charge is 0.311 e. The molecule has 134 heavy (non-hydrogen) atoms. The fraction of sp³-hybridized carbons (Fsp3) is 0. The molecule has 0 unspecified atom stereocenters. The molecule has 0 saturated carbocycles. The summed E-state index contributed by atoms with van der Waals surface area (Å²) in [4.78, 5) is 15.7. The number of anilines is 18. The minimum absolute atomic E-state index is 0.350. The number of hydrogen-bond donors (Lipinski definition) is 0. The van der Waals surface area contributed by atoms with E-state index in [1.165, 1.54) is 32.8 Å². The fourth-order valence-corrected chi connectivity index (χ4v) is 21.7. The highest BCUT2D eigenvalue weighted by atomic mass is 15.2. The van der Waals surface area contributed by atoms with Crippen molar-refractivity contribution in [3.63, 3.8) is 0 Å². The third kappa shape index (κ3) is 13.4. The molecule has 0 aliphatic carbocycles. The second-order valence-electron chi connectivity index (χ2n) is 34.8. The average Bonchev–Trinajstić information content (AvgIpc) is 0.679. The van der Waals surface area contributed by atoms with Gasteiger partial charge < -0.3 is 29.4 Å². The van der Waals surface area contributed by atoms with Gasteiger partial charge in [0.2, 0.25) is 0 Å². The topological polar surface area (TPSA) is 19.4 Å². The van der Waals surface area contributed by atoms with E-state index in [9.17, 15) is 0 Å². The summed E-state index contributed by atoms with van der Waals surface area (Å²) in [7, 11) is 0. The van der Waals surface area contributed by atoms with Gasteiger partial charge in [-0.15, -0.1) is 0 Å². The van der Waals surface area contributed by atoms with Crippen LogP contribution in [0.4, 0.5) is 102 Å². The molecular weight excluding hydrogens is 1620 g/mol. The minimum Gasteiger partial charge on any atom is -0.311 e. The number of fused-ring (bicyclic) bond motifs is 8. The van der Waals surface area contributed by atoms with Gasteiger partial charge in [-0.25, -0.2) is 0 Å². The van der Waals surface area contributed by atoms with Crippen LogP contribution in [0, 0.1) is 0 Å². The maximum absolute atomic E-state index is 2.74. The maximum Gasteiger partial charge on any atom is 0.252 e. The Labute approximate surface area is 783 Å². The highest BCUT2D eigenvalue weighted by Gasteiger charge is 2.50. The molecule has 0 radical (unpaired) electrons. The van der Waals surface area contributed by atoms with Gasteiger partial charge in [0.05, 0.1) is 51.2 Å². The quantitative estimate of drug-likeness (QED) is 0.0792. The first-order valence-electron chi connectivity index (χ1n) is 46.3. The Bertz CT molecular complexity index is 7810. The average molecular weight is 1710 g/mol. The SMILES string of the molecule is c1ccc(-c2ccccc2N(c2cc3c4c(c2)N(c2ccccc2-c2ccccc2)c2ccccc2B4c2cc4c(cc2N3c2ccccc2)N(c2c(-c3ccccc3)cccc2-c2ccccc2)c2cc(N(c3ccccc3-c3ccccc3)c3ccccc3-c3ccccc3)cc3c2B4c2ccccc2N3c2ccccc2-c2ccccc2)c2ccccc2-c2ccccc2)cc1. The Morgan fingerprint density at radius 1 is 0.149 bits per heavy atom. The molecule has 4 aliphatic rings. The van der Waals surface area contributed by atoms with E-state index in [-0.39, 0.29) is 13.4 Å². The molecule has 0 bridgehead atoms. The van der Waals surface area contributed by atoms with Crippen molar-refractivity contribution in [3.8, 4) is 89.0 Å². The molecule has 0 saturated heterocycles. The van der Waals surface area contributed by atoms with E-state index in [1.807, 2.05) is 0 Å². The zero-order valence-corrected chi connectivity index (χ0v) is 73.5. The summed E-state index contributed by atoms with van der Waals surface area (Å²) in [5.41, 5.74) is 43.6. The molecule has 6 nitrogen and oxygen atoms in total. The summed E-state index contributed by atoms with van der Waals surface area (Å²) in [6.07, 6.45) is 0. The zero-order valence-electron chi connectivity index (χ0n) is 73.5. The van der Waals surface area contributed by atoms with E-state index in [2.05, 4.69) is 551 Å². The molecule has 0 aromatic heterocycles. The molecule has 4 aliphatic heterocycles. The van der Waals surface area contributed by atoms with Crippen LogP contribution in [0.15, 0.2) is 522 Å². The van der Waals surface area contributed by atoms with Crippen LogP contribution in [0.5, 0.6) is 0 Å². The lowest BCUT2D eigenvalue weighted by molar-refractivity contribution is 1.21. The standard InChI is InChI=1S/C126H86B2N6/c1-10-45-87(46-11-1)98-63-28-36-73-110(98)130(111-74-37-29-64-99(111)88-47-12-2-13-48-88)96-81-120-124-121(82-96)132(114-77-40-32-67-102(114)91-53-18-5-19-54-91)116-79-42-34-71-106(116)127(124)108-85-109-119(86-118(108)129(120)95-61-26-9-27-62-95)134(126-104(93-57-22-7-23-58-93)69-44-70-105(126)94-59-24-8-25-60-94)123-84-97(83-122-125(123)128(109)107-72-35-43-80-117(107)133(122)115-78-41-33-68-103(115)92-55-20-6-21-56-92)131(112-75-38-30-65-100(112)89-49-14-3-15-50-89)113-76-39-31-66-101(113)90-51-16-4-17-52-90/h1-86H. The molecule has 0 fully saturated rings. The smallest absolute Gasteiger partial charge is 0.252 e. The van der Waals surface area contributed by atoms with Crippen LogP contribution in [0.1, 0.15) is 0 Å². The lowest BCUT2D eigenvalue weighted by Gasteiger charge is -2.48. The van der Waals surface area contributed by atoms with E-state index in [1.54, 1.807) is 0 Å². The van der Waals surface area contributed by atoms with Gasteiger partial charge in [0.25, 0.3) is 13.4 Å². The maximum atomic E-state index is 2.74. The lowest BCUT2D eigenvalue weighted by atomic mass is 9.30. The number of benzene rings is 21. The van der Waals surface area contributed by atoms with Crippen LogP contribution < -0.4 is 62.2 Å². The van der Waals surface area contributed by atoms with Crippen LogP contribution in [-0.2, 0) is 0 Å². The van der Waals surface area contributed by atoms with Crippen molar-refractivity contribution in [2.45, 2.75) is 0 Å². The third-order valence-electron chi connectivity index (χ3n) is 27.4. The van der Waals surface area contributed by atoms with Gasteiger partial charge in [-0.05, 0) is 168 Å². The van der Waals surface area contributed by atoms with Gasteiger partial charge in [-0.1, -0.05) is 431 Å². The third-order valence-corrected chi connectivity index (χ3v) is 27.4. The highest BCUT2D eigenvalue weighted by molar-refractivity contribution is 7.03. The summed E-state index contributed by atoms with van der Waals surface area (Å²) in [6, 6.07) is 195. The van der Waals surface area contributed by atoms with Crippen molar-refractivity contribution in [3.05, 3.63) is 522 Å². The van der Waals surface area contributed by atoms with E-state index < -0.39 is 0 Å². The lowest BCUT2D eigenvalue weighted by Crippen LogP contribution is -2.65. The molecule has 0 N–H and O–H groups in total. The number of rotatable bonds is 18. The van der Waals surface area contributed by atoms with Gasteiger partial charge in [-0.2, -0.15) is 0 Å². The van der Waals surface area contributed by atoms with Crippen molar-refractivity contribution in [1.82, 2.24) is 0 Å². The summed E-state index contributed by atoms with van der Waals surface area (Å²) < 4.78 is 0. The minimum atomic E-state index is -0.378. The van der Waals surface area contributed by atoms with E-state index in [0.29, 0.717) is 0 Å². The van der Waals surface area contributed by atoms with Crippen LogP contribution in [0.3, 0.4) is 0 Å². The Morgan fingerprint density at radius 2 is 0.388 bits per heavy atom. The van der Waals surface area contributed by atoms with Gasteiger partial charge in [-0.3, -0.25) is 0 Å². The summed E-state index contributed by atoms with van der Waals surface area (Å²) in [5, 5.41) is 0. The summed E-state index contributed by atoms with van der Waals surface area (Å²) >= 11 is 0. The monoisotopic (exact) mass is 1700 g/mol. The zero-order chi connectivity index (χ0) is 88.5. The van der Waals surface area contributed by atoms with Crippen molar-refractivity contribution in [1.29, 1.82) is 0 Å². The van der Waals surface area contributed by atoms with Gasteiger partial charge in [0.15, 0.2) is 0 Å². The Balaban J connectivity index is 0.848. The second-order valence-corrected chi connectivity index (χ2v) is 34.8. The van der Waals surface area contributed by atoms with E-state index in [0.717, 1.165) is 191 Å². The predicted octanol–water partition coefficient (Wildman–Crippen LogP) is 30.1. The highest BCUT2D eigenvalue weighted by Crippen LogP contribution is 2.58. The molecule has 21 aromatic carbocycles. The first-order valence-corrected chi connectivity index (χ1v) is 46.3. The van der Waals surface area contributed by atoms with Gasteiger partial charge >= 0.3 is 0 Å². The van der Waals surface area contributed by atoms with Crippen molar-refractivity contribution in [2.75, 3.05) is 29.4 Å². The molecule has 21 aromatic rings. The molecular formula is C126H86B2N6. The summed E-state index contributed by atoms with van der Waals surface area (Å²) in [6.45, 7) is -0.728. The number of nitrogens with zero attached hydrogens (tertiary/aromatic N) is 6. The Morgan fingerprint density at radius 3 is 0.724 bits per heavy atom. The number of hydrogen-bond acceptors (Lipinski definition) is 6. The van der Waals surface area contributed by atoms with Gasteiger partial charge in [0.1, 0.15) is 0 Å². The molecule has 4 heterocycles. The van der Waals surface area contributed by atoms with E-state index >= 15 is 0 Å². The molecule has 8 heteroatoms. The molecule has 0 amide bonds. The molecule has 0 atom stereocenters. The van der Waals surface area contributed by atoms with Crippen LogP contribution in [-0.4, -0.2) is 13.4 Å². The first-order chi connectivity index (χ1) is 66.6. The molecule has 626 valence electrons. The summed E-state index contributed by atoms with van der Waals surface area (Å²) in [5.74, 6) is 0. The van der Waals surface area contributed by atoms with Gasteiger partial charge in [0, 0.05) is 95.7 Å². The normalized spacial score (nSPS) is 12.4. The predicted molar refractivity (Wildman–Crippen MR) is 567 cm³/mol. The van der Waals surface area contributed by atoms with Crippen molar-refractivity contribution < 1.29 is 0 Å². The van der Waals surface area contributed by atoms with E-state index in [4.69, 9.17) is 0 Å². The first kappa shape index (κ1) is 78.8. The Hall–Kier alpha value is -17.5.